The monoisotopic (exact) mass is 233 g/mol. The molecule has 2 heterocycles. The van der Waals surface area contributed by atoms with Gasteiger partial charge in [-0.05, 0) is 58.5 Å². The molecular formula is C14H23N3. The van der Waals surface area contributed by atoms with Crippen LogP contribution in [0.2, 0.25) is 0 Å². The minimum absolute atomic E-state index is 0.261. The van der Waals surface area contributed by atoms with Crippen LogP contribution < -0.4 is 5.32 Å². The molecule has 1 N–H and O–H groups in total. The second-order valence-corrected chi connectivity index (χ2v) is 6.14. The number of imidazole rings is 1. The van der Waals surface area contributed by atoms with E-state index in [2.05, 4.69) is 41.2 Å². The Morgan fingerprint density at radius 3 is 2.59 bits per heavy atom. The highest BCUT2D eigenvalue weighted by molar-refractivity contribution is 5.12. The van der Waals surface area contributed by atoms with Gasteiger partial charge >= 0.3 is 0 Å². The summed E-state index contributed by atoms with van der Waals surface area (Å²) in [5.41, 5.74) is 1.72. The molecule has 0 bridgehead atoms. The Labute approximate surface area is 104 Å². The lowest BCUT2D eigenvalue weighted by molar-refractivity contribution is 0.284. The zero-order valence-electron chi connectivity index (χ0n) is 10.9. The maximum Gasteiger partial charge on any atom is 0.0953 e. The van der Waals surface area contributed by atoms with E-state index in [0.717, 1.165) is 19.0 Å². The number of nitrogens with one attached hydrogen (secondary N) is 1. The van der Waals surface area contributed by atoms with Crippen molar-refractivity contribution >= 4 is 0 Å². The largest absolute Gasteiger partial charge is 0.328 e. The van der Waals surface area contributed by atoms with Crippen LogP contribution in [0.25, 0.3) is 0 Å². The highest BCUT2D eigenvalue weighted by Crippen LogP contribution is 2.45. The van der Waals surface area contributed by atoms with Crippen LogP contribution in [0.5, 0.6) is 0 Å². The van der Waals surface area contributed by atoms with E-state index in [1.807, 2.05) is 0 Å². The molecule has 1 aliphatic heterocycles. The third-order valence-electron chi connectivity index (χ3n) is 4.62. The molecule has 1 aromatic heterocycles. The minimum atomic E-state index is 0.261. The number of aromatic nitrogens is 2. The molecule has 2 aliphatic rings. The fourth-order valence-electron chi connectivity index (χ4n) is 3.19. The van der Waals surface area contributed by atoms with Gasteiger partial charge in [0.05, 0.1) is 6.33 Å². The van der Waals surface area contributed by atoms with E-state index < -0.39 is 0 Å². The third kappa shape index (κ3) is 2.01. The summed E-state index contributed by atoms with van der Waals surface area (Å²) >= 11 is 0. The summed E-state index contributed by atoms with van der Waals surface area (Å²) < 4.78 is 2.46. The van der Waals surface area contributed by atoms with Crippen LogP contribution >= 0.6 is 0 Å². The third-order valence-corrected chi connectivity index (χ3v) is 4.62. The van der Waals surface area contributed by atoms with Gasteiger partial charge in [-0.1, -0.05) is 0 Å². The lowest BCUT2D eigenvalue weighted by atomic mass is 9.92. The second-order valence-electron chi connectivity index (χ2n) is 6.14. The van der Waals surface area contributed by atoms with Gasteiger partial charge in [-0.2, -0.15) is 0 Å². The quantitative estimate of drug-likeness (QED) is 0.869. The van der Waals surface area contributed by atoms with Crippen LogP contribution in [-0.4, -0.2) is 22.6 Å². The Kier molecular flexibility index (Phi) is 2.74. The predicted octanol–water partition coefficient (Wildman–Crippen LogP) is 2.50. The van der Waals surface area contributed by atoms with Crippen LogP contribution in [0.15, 0.2) is 12.5 Å². The fraction of sp³-hybridized carbons (Fsp3) is 0.786. The molecule has 3 rings (SSSR count). The molecule has 3 heteroatoms. The minimum Gasteiger partial charge on any atom is -0.328 e. The van der Waals surface area contributed by atoms with Gasteiger partial charge in [-0.3, -0.25) is 0 Å². The van der Waals surface area contributed by atoms with Gasteiger partial charge in [-0.25, -0.2) is 4.98 Å². The summed E-state index contributed by atoms with van der Waals surface area (Å²) in [6, 6.07) is 0. The first kappa shape index (κ1) is 11.3. The number of nitrogens with zero attached hydrogens (tertiary/aromatic N) is 2. The highest BCUT2D eigenvalue weighted by Gasteiger charge is 2.40. The molecule has 0 aromatic carbocycles. The Balaban J connectivity index is 1.87. The normalized spacial score (nSPS) is 22.9. The maximum absolute atomic E-state index is 4.42. The van der Waals surface area contributed by atoms with Crippen LogP contribution in [0, 0.1) is 5.92 Å². The van der Waals surface area contributed by atoms with E-state index in [-0.39, 0.29) is 5.54 Å². The molecule has 94 valence electrons. The van der Waals surface area contributed by atoms with Crippen LogP contribution in [0.4, 0.5) is 0 Å². The smallest absolute Gasteiger partial charge is 0.0953 e. The Hall–Kier alpha value is -0.830. The van der Waals surface area contributed by atoms with E-state index in [4.69, 9.17) is 0 Å². The Bertz CT molecular complexity index is 384. The first-order valence-electron chi connectivity index (χ1n) is 6.93. The highest BCUT2D eigenvalue weighted by atomic mass is 15.1. The lowest BCUT2D eigenvalue weighted by Crippen LogP contribution is -2.33. The second kappa shape index (κ2) is 4.13. The standard InChI is InChI=1S/C14H23N3/c1-14(2,12-3-4-12)17-10-16-9-13(17)11-5-7-15-8-6-11/h9-12,15H,3-8H2,1-2H3. The molecular weight excluding hydrogens is 210 g/mol. The summed E-state index contributed by atoms with van der Waals surface area (Å²) in [6.07, 6.45) is 9.43. The molecule has 1 aromatic rings. The fourth-order valence-corrected chi connectivity index (χ4v) is 3.19. The first-order chi connectivity index (χ1) is 8.19. The molecule has 0 radical (unpaired) electrons. The summed E-state index contributed by atoms with van der Waals surface area (Å²) in [7, 11) is 0. The van der Waals surface area contributed by atoms with Crippen molar-refractivity contribution in [1.82, 2.24) is 14.9 Å². The molecule has 3 nitrogen and oxygen atoms in total. The van der Waals surface area contributed by atoms with Gasteiger partial charge in [0.2, 0.25) is 0 Å². The van der Waals surface area contributed by atoms with Crippen molar-refractivity contribution in [2.24, 2.45) is 5.92 Å². The summed E-state index contributed by atoms with van der Waals surface area (Å²) in [5, 5.41) is 3.44. The number of piperidine rings is 1. The van der Waals surface area contributed by atoms with Crippen molar-refractivity contribution in [3.63, 3.8) is 0 Å². The van der Waals surface area contributed by atoms with E-state index in [1.165, 1.54) is 31.4 Å². The first-order valence-corrected chi connectivity index (χ1v) is 6.93. The lowest BCUT2D eigenvalue weighted by Gasteiger charge is -2.32. The van der Waals surface area contributed by atoms with Gasteiger partial charge < -0.3 is 9.88 Å². The van der Waals surface area contributed by atoms with Crippen LogP contribution in [0.1, 0.15) is 51.1 Å². The molecule has 17 heavy (non-hydrogen) atoms. The van der Waals surface area contributed by atoms with E-state index in [0.29, 0.717) is 5.92 Å². The van der Waals surface area contributed by atoms with Crippen molar-refractivity contribution < 1.29 is 0 Å². The average Bonchev–Trinajstić information content (AvgIpc) is 3.08. The number of rotatable bonds is 3. The van der Waals surface area contributed by atoms with Crippen molar-refractivity contribution in [2.45, 2.75) is 51.0 Å². The van der Waals surface area contributed by atoms with E-state index in [1.54, 1.807) is 0 Å². The predicted molar refractivity (Wildman–Crippen MR) is 69.1 cm³/mol. The molecule has 1 aliphatic carbocycles. The average molecular weight is 233 g/mol. The summed E-state index contributed by atoms with van der Waals surface area (Å²) in [4.78, 5) is 4.42. The maximum atomic E-state index is 4.42. The number of hydrogen-bond acceptors (Lipinski definition) is 2. The SMILES string of the molecule is CC(C)(C1CC1)n1cncc1C1CCNCC1. The van der Waals surface area contributed by atoms with Gasteiger partial charge in [-0.15, -0.1) is 0 Å². The van der Waals surface area contributed by atoms with Crippen molar-refractivity contribution in [3.05, 3.63) is 18.2 Å². The molecule has 2 fully saturated rings. The van der Waals surface area contributed by atoms with E-state index >= 15 is 0 Å². The zero-order chi connectivity index (χ0) is 11.9. The Morgan fingerprint density at radius 2 is 1.94 bits per heavy atom. The molecule has 0 unspecified atom stereocenters. The van der Waals surface area contributed by atoms with Crippen LogP contribution in [0.3, 0.4) is 0 Å². The topological polar surface area (TPSA) is 29.9 Å². The van der Waals surface area contributed by atoms with Gasteiger partial charge in [0.1, 0.15) is 0 Å². The van der Waals surface area contributed by atoms with Gasteiger partial charge in [0, 0.05) is 23.3 Å². The molecule has 0 spiro atoms. The van der Waals surface area contributed by atoms with Crippen LogP contribution in [-0.2, 0) is 5.54 Å². The zero-order valence-corrected chi connectivity index (χ0v) is 10.9. The summed E-state index contributed by atoms with van der Waals surface area (Å²) in [6.45, 7) is 7.05. The Morgan fingerprint density at radius 1 is 1.24 bits per heavy atom. The van der Waals surface area contributed by atoms with Crippen molar-refractivity contribution in [2.75, 3.05) is 13.1 Å². The molecule has 0 amide bonds. The molecule has 0 atom stereocenters. The molecule has 1 saturated heterocycles. The van der Waals surface area contributed by atoms with Gasteiger partial charge in [0.15, 0.2) is 0 Å². The summed E-state index contributed by atoms with van der Waals surface area (Å²) in [5.74, 6) is 1.56. The van der Waals surface area contributed by atoms with E-state index in [9.17, 15) is 0 Å². The molecule has 1 saturated carbocycles. The van der Waals surface area contributed by atoms with Crippen molar-refractivity contribution in [1.29, 1.82) is 0 Å². The van der Waals surface area contributed by atoms with Crippen molar-refractivity contribution in [3.8, 4) is 0 Å². The van der Waals surface area contributed by atoms with Gasteiger partial charge in [0.25, 0.3) is 0 Å². The number of hydrogen-bond donors (Lipinski definition) is 1.